The SMILES string of the molecule is COc1cc(/C=C2\SC(=S)N(Cc3ccccc3)C2=O)cc(I)c1O. The molecule has 25 heavy (non-hydrogen) atoms. The smallest absolute Gasteiger partial charge is 0.266 e. The summed E-state index contributed by atoms with van der Waals surface area (Å²) in [5.74, 6) is 0.357. The summed E-state index contributed by atoms with van der Waals surface area (Å²) in [5, 5.41) is 9.93. The first-order valence-corrected chi connectivity index (χ1v) is 9.65. The van der Waals surface area contributed by atoms with Gasteiger partial charge < -0.3 is 9.84 Å². The molecule has 1 fully saturated rings. The molecule has 2 aromatic rings. The van der Waals surface area contributed by atoms with Gasteiger partial charge in [-0.05, 0) is 51.9 Å². The monoisotopic (exact) mass is 483 g/mol. The van der Waals surface area contributed by atoms with Crippen LogP contribution >= 0.6 is 46.6 Å². The van der Waals surface area contributed by atoms with Crippen LogP contribution in [0.15, 0.2) is 47.4 Å². The largest absolute Gasteiger partial charge is 0.504 e. The molecule has 1 aliphatic rings. The summed E-state index contributed by atoms with van der Waals surface area (Å²) in [6, 6.07) is 13.2. The van der Waals surface area contributed by atoms with Gasteiger partial charge in [-0.3, -0.25) is 9.69 Å². The maximum absolute atomic E-state index is 12.7. The Kier molecular flexibility index (Phi) is 5.65. The minimum atomic E-state index is -0.110. The lowest BCUT2D eigenvalue weighted by Gasteiger charge is -2.14. The van der Waals surface area contributed by atoms with Crippen molar-refractivity contribution in [2.45, 2.75) is 6.54 Å². The molecule has 0 unspecified atom stereocenters. The average Bonchev–Trinajstić information content (AvgIpc) is 2.86. The maximum atomic E-state index is 12.7. The minimum absolute atomic E-state index is 0.0943. The van der Waals surface area contributed by atoms with Gasteiger partial charge in [-0.25, -0.2) is 0 Å². The second-order valence-electron chi connectivity index (χ2n) is 5.31. The molecule has 4 nitrogen and oxygen atoms in total. The summed E-state index contributed by atoms with van der Waals surface area (Å²) in [6.45, 7) is 0.458. The minimum Gasteiger partial charge on any atom is -0.504 e. The van der Waals surface area contributed by atoms with E-state index in [1.165, 1.54) is 18.9 Å². The number of amides is 1. The molecule has 0 aromatic heterocycles. The highest BCUT2D eigenvalue weighted by Crippen LogP contribution is 2.37. The molecule has 1 heterocycles. The number of benzene rings is 2. The normalized spacial score (nSPS) is 15.9. The van der Waals surface area contributed by atoms with Crippen molar-refractivity contribution in [3.8, 4) is 11.5 Å². The Labute approximate surface area is 169 Å². The molecular formula is C18H14INO3S2. The van der Waals surface area contributed by atoms with Crippen molar-refractivity contribution in [2.75, 3.05) is 7.11 Å². The number of hydrogen-bond acceptors (Lipinski definition) is 5. The molecular weight excluding hydrogens is 469 g/mol. The Morgan fingerprint density at radius 1 is 1.32 bits per heavy atom. The quantitative estimate of drug-likeness (QED) is 0.397. The zero-order valence-electron chi connectivity index (χ0n) is 13.2. The van der Waals surface area contributed by atoms with Gasteiger partial charge in [0.25, 0.3) is 5.91 Å². The van der Waals surface area contributed by atoms with Crippen LogP contribution in [0, 0.1) is 3.57 Å². The van der Waals surface area contributed by atoms with Crippen LogP contribution in [0.2, 0.25) is 0 Å². The fourth-order valence-electron chi connectivity index (χ4n) is 2.39. The van der Waals surface area contributed by atoms with E-state index in [0.717, 1.165) is 11.1 Å². The second kappa shape index (κ2) is 7.76. The van der Waals surface area contributed by atoms with E-state index in [2.05, 4.69) is 0 Å². The molecule has 1 aliphatic heterocycles. The van der Waals surface area contributed by atoms with Crippen LogP contribution in [0.25, 0.3) is 6.08 Å². The zero-order valence-corrected chi connectivity index (χ0v) is 17.0. The van der Waals surface area contributed by atoms with E-state index < -0.39 is 0 Å². The number of carbonyl (C=O) groups is 1. The molecule has 7 heteroatoms. The van der Waals surface area contributed by atoms with Crippen LogP contribution < -0.4 is 4.74 Å². The van der Waals surface area contributed by atoms with Crippen molar-refractivity contribution < 1.29 is 14.6 Å². The summed E-state index contributed by atoms with van der Waals surface area (Å²) in [7, 11) is 1.49. The lowest BCUT2D eigenvalue weighted by Crippen LogP contribution is -2.27. The number of phenolic OH excluding ortho intramolecular Hbond substituents is 1. The van der Waals surface area contributed by atoms with Crippen LogP contribution in [-0.2, 0) is 11.3 Å². The second-order valence-corrected chi connectivity index (χ2v) is 8.15. The predicted molar refractivity (Wildman–Crippen MR) is 113 cm³/mol. The van der Waals surface area contributed by atoms with Crippen LogP contribution in [0.3, 0.4) is 0 Å². The van der Waals surface area contributed by atoms with Gasteiger partial charge in [-0.2, -0.15) is 0 Å². The van der Waals surface area contributed by atoms with E-state index in [1.807, 2.05) is 52.9 Å². The third kappa shape index (κ3) is 3.99. The standard InChI is InChI=1S/C18H14INO3S2/c1-23-14-8-12(7-13(19)16(14)21)9-15-17(22)20(18(24)25-15)10-11-5-3-2-4-6-11/h2-9,21H,10H2,1H3/b15-9-. The summed E-state index contributed by atoms with van der Waals surface area (Å²) < 4.78 is 6.36. The fourth-order valence-corrected chi connectivity index (χ4v) is 4.27. The maximum Gasteiger partial charge on any atom is 0.266 e. The molecule has 1 amide bonds. The van der Waals surface area contributed by atoms with Crippen molar-refractivity contribution in [1.82, 2.24) is 4.90 Å². The lowest BCUT2D eigenvalue weighted by atomic mass is 10.1. The van der Waals surface area contributed by atoms with Gasteiger partial charge in [0.15, 0.2) is 11.5 Å². The molecule has 1 saturated heterocycles. The zero-order chi connectivity index (χ0) is 18.0. The topological polar surface area (TPSA) is 49.8 Å². The highest BCUT2D eigenvalue weighted by Gasteiger charge is 2.32. The first kappa shape index (κ1) is 18.2. The first-order chi connectivity index (χ1) is 12.0. The Hall–Kier alpha value is -1.58. The van der Waals surface area contributed by atoms with Crippen LogP contribution in [0.5, 0.6) is 11.5 Å². The number of thiocarbonyl (C=S) groups is 1. The van der Waals surface area contributed by atoms with Crippen LogP contribution in [0.4, 0.5) is 0 Å². The fraction of sp³-hybridized carbons (Fsp3) is 0.111. The number of thioether (sulfide) groups is 1. The summed E-state index contributed by atoms with van der Waals surface area (Å²) in [5.41, 5.74) is 1.81. The van der Waals surface area contributed by atoms with Crippen LogP contribution in [0.1, 0.15) is 11.1 Å². The van der Waals surface area contributed by atoms with Crippen molar-refractivity contribution in [2.24, 2.45) is 0 Å². The highest BCUT2D eigenvalue weighted by atomic mass is 127. The van der Waals surface area contributed by atoms with E-state index in [0.29, 0.717) is 25.1 Å². The van der Waals surface area contributed by atoms with Gasteiger partial charge in [0.2, 0.25) is 0 Å². The number of halogens is 1. The van der Waals surface area contributed by atoms with E-state index >= 15 is 0 Å². The first-order valence-electron chi connectivity index (χ1n) is 7.35. The van der Waals surface area contributed by atoms with E-state index in [9.17, 15) is 9.90 Å². The van der Waals surface area contributed by atoms with Crippen molar-refractivity contribution in [3.05, 3.63) is 62.1 Å². The van der Waals surface area contributed by atoms with Crippen LogP contribution in [-0.4, -0.2) is 27.3 Å². The number of methoxy groups -OCH3 is 1. The van der Waals surface area contributed by atoms with Gasteiger partial charge in [-0.1, -0.05) is 54.3 Å². The van der Waals surface area contributed by atoms with Crippen molar-refractivity contribution in [3.63, 3.8) is 0 Å². The predicted octanol–water partition coefficient (Wildman–Crippen LogP) is 4.41. The molecule has 128 valence electrons. The van der Waals surface area contributed by atoms with Crippen molar-refractivity contribution in [1.29, 1.82) is 0 Å². The average molecular weight is 483 g/mol. The Morgan fingerprint density at radius 3 is 2.72 bits per heavy atom. The molecule has 1 N–H and O–H groups in total. The number of rotatable bonds is 4. The number of hydrogen-bond donors (Lipinski definition) is 1. The highest BCUT2D eigenvalue weighted by molar-refractivity contribution is 14.1. The Bertz CT molecular complexity index is 868. The summed E-state index contributed by atoms with van der Waals surface area (Å²) in [4.78, 5) is 14.9. The molecule has 0 bridgehead atoms. The Morgan fingerprint density at radius 2 is 2.04 bits per heavy atom. The van der Waals surface area contributed by atoms with E-state index in [4.69, 9.17) is 17.0 Å². The molecule has 2 aromatic carbocycles. The number of carbonyl (C=O) groups excluding carboxylic acids is 1. The van der Waals surface area contributed by atoms with E-state index in [-0.39, 0.29) is 11.7 Å². The van der Waals surface area contributed by atoms with Gasteiger partial charge in [0.1, 0.15) is 4.32 Å². The number of ether oxygens (including phenoxy) is 1. The Balaban J connectivity index is 1.87. The summed E-state index contributed by atoms with van der Waals surface area (Å²) in [6.07, 6.45) is 1.77. The lowest BCUT2D eigenvalue weighted by molar-refractivity contribution is -0.122. The third-order valence-electron chi connectivity index (χ3n) is 3.63. The number of aromatic hydroxyl groups is 1. The summed E-state index contributed by atoms with van der Waals surface area (Å²) >= 11 is 8.68. The molecule has 0 atom stereocenters. The van der Waals surface area contributed by atoms with E-state index in [1.54, 1.807) is 23.1 Å². The molecule has 0 aliphatic carbocycles. The number of nitrogens with zero attached hydrogens (tertiary/aromatic N) is 1. The number of phenols is 1. The van der Waals surface area contributed by atoms with Gasteiger partial charge in [-0.15, -0.1) is 0 Å². The molecule has 3 rings (SSSR count). The third-order valence-corrected chi connectivity index (χ3v) is 5.83. The van der Waals surface area contributed by atoms with Gasteiger partial charge in [0.05, 0.1) is 22.1 Å². The molecule has 0 spiro atoms. The van der Waals surface area contributed by atoms with Gasteiger partial charge in [0, 0.05) is 0 Å². The van der Waals surface area contributed by atoms with Crippen molar-refractivity contribution >= 4 is 62.9 Å². The molecule has 0 saturated carbocycles. The molecule has 0 radical (unpaired) electrons. The van der Waals surface area contributed by atoms with Gasteiger partial charge >= 0.3 is 0 Å².